The Morgan fingerprint density at radius 2 is 1.91 bits per heavy atom. The van der Waals surface area contributed by atoms with Gasteiger partial charge in [0.25, 0.3) is 0 Å². The SMILES string of the molecule is NCC[NH2+]CCNCC1=Cc2cccc3cccc(c23)C1=O. The first-order valence-corrected chi connectivity index (χ1v) is 7.80. The fraction of sp³-hybridized carbons (Fsp3) is 0.278. The normalized spacial score (nSPS) is 13.5. The van der Waals surface area contributed by atoms with Gasteiger partial charge >= 0.3 is 0 Å². The number of ketones is 1. The van der Waals surface area contributed by atoms with Crippen molar-refractivity contribution < 1.29 is 10.1 Å². The number of carbonyl (C=O) groups is 1. The summed E-state index contributed by atoms with van der Waals surface area (Å²) in [7, 11) is 0. The molecule has 0 fully saturated rings. The van der Waals surface area contributed by atoms with Crippen LogP contribution in [0, 0.1) is 0 Å². The summed E-state index contributed by atoms with van der Waals surface area (Å²) in [5.41, 5.74) is 8.25. The topological polar surface area (TPSA) is 71.7 Å². The molecule has 2 aromatic rings. The Morgan fingerprint density at radius 1 is 1.09 bits per heavy atom. The molecule has 3 rings (SSSR count). The number of benzene rings is 2. The summed E-state index contributed by atoms with van der Waals surface area (Å²) in [6.45, 7) is 4.10. The Kier molecular flexibility index (Phi) is 4.63. The highest BCUT2D eigenvalue weighted by Gasteiger charge is 2.20. The van der Waals surface area contributed by atoms with Gasteiger partial charge in [0, 0.05) is 36.2 Å². The zero-order valence-corrected chi connectivity index (χ0v) is 12.6. The van der Waals surface area contributed by atoms with Gasteiger partial charge in [-0.1, -0.05) is 36.4 Å². The minimum atomic E-state index is 0.141. The fourth-order valence-corrected chi connectivity index (χ4v) is 2.93. The summed E-state index contributed by atoms with van der Waals surface area (Å²) in [6.07, 6.45) is 2.02. The monoisotopic (exact) mass is 296 g/mol. The Bertz CT molecular complexity index is 716. The van der Waals surface area contributed by atoms with Crippen molar-refractivity contribution >= 4 is 22.6 Å². The Balaban J connectivity index is 1.73. The van der Waals surface area contributed by atoms with Crippen LogP contribution in [0.5, 0.6) is 0 Å². The van der Waals surface area contributed by atoms with E-state index in [1.807, 2.05) is 24.3 Å². The van der Waals surface area contributed by atoms with Crippen LogP contribution >= 0.6 is 0 Å². The quantitative estimate of drug-likeness (QED) is 0.653. The summed E-state index contributed by atoms with van der Waals surface area (Å²) >= 11 is 0. The van der Waals surface area contributed by atoms with Gasteiger partial charge in [-0.05, 0) is 17.0 Å². The van der Waals surface area contributed by atoms with Gasteiger partial charge in [0.15, 0.2) is 5.78 Å². The van der Waals surface area contributed by atoms with Crippen LogP contribution in [0.15, 0.2) is 42.0 Å². The van der Waals surface area contributed by atoms with Crippen molar-refractivity contribution in [1.29, 1.82) is 0 Å². The van der Waals surface area contributed by atoms with E-state index in [1.165, 1.54) is 0 Å². The van der Waals surface area contributed by atoms with Crippen LogP contribution in [-0.2, 0) is 0 Å². The molecule has 1 aliphatic carbocycles. The van der Waals surface area contributed by atoms with Gasteiger partial charge in [-0.2, -0.15) is 0 Å². The molecule has 22 heavy (non-hydrogen) atoms. The van der Waals surface area contributed by atoms with Gasteiger partial charge in [-0.3, -0.25) is 4.79 Å². The smallest absolute Gasteiger partial charge is 0.190 e. The van der Waals surface area contributed by atoms with E-state index < -0.39 is 0 Å². The van der Waals surface area contributed by atoms with Crippen LogP contribution in [0.4, 0.5) is 0 Å². The summed E-state index contributed by atoms with van der Waals surface area (Å²) in [6, 6.07) is 12.1. The third-order valence-corrected chi connectivity index (χ3v) is 4.01. The van der Waals surface area contributed by atoms with Gasteiger partial charge in [0.2, 0.25) is 0 Å². The van der Waals surface area contributed by atoms with E-state index in [1.54, 1.807) is 0 Å². The van der Waals surface area contributed by atoms with E-state index in [2.05, 4.69) is 28.8 Å². The molecule has 0 radical (unpaired) electrons. The Morgan fingerprint density at radius 3 is 2.73 bits per heavy atom. The number of Topliss-reactive ketones (excluding diaryl/α,β-unsaturated/α-hetero) is 1. The van der Waals surface area contributed by atoms with Crippen LogP contribution in [0.3, 0.4) is 0 Å². The molecule has 0 saturated carbocycles. The average Bonchev–Trinajstić information content (AvgIpc) is 2.55. The van der Waals surface area contributed by atoms with Crippen LogP contribution in [-0.4, -0.2) is 38.5 Å². The second kappa shape index (κ2) is 6.83. The first kappa shape index (κ1) is 14.9. The lowest BCUT2D eigenvalue weighted by Gasteiger charge is -2.17. The maximum Gasteiger partial charge on any atom is 0.190 e. The molecule has 0 bridgehead atoms. The van der Waals surface area contributed by atoms with Crippen molar-refractivity contribution in [2.24, 2.45) is 5.73 Å². The van der Waals surface area contributed by atoms with Crippen molar-refractivity contribution in [3.05, 3.63) is 53.1 Å². The zero-order valence-electron chi connectivity index (χ0n) is 12.6. The number of rotatable bonds is 7. The summed E-state index contributed by atoms with van der Waals surface area (Å²) in [4.78, 5) is 12.6. The van der Waals surface area contributed by atoms with Gasteiger partial charge in [0.05, 0.1) is 13.1 Å². The zero-order chi connectivity index (χ0) is 15.4. The second-order valence-electron chi connectivity index (χ2n) is 5.58. The van der Waals surface area contributed by atoms with E-state index >= 15 is 0 Å². The third kappa shape index (κ3) is 2.95. The Labute approximate surface area is 130 Å². The van der Waals surface area contributed by atoms with E-state index in [-0.39, 0.29) is 5.78 Å². The van der Waals surface area contributed by atoms with Crippen molar-refractivity contribution in [2.75, 3.05) is 32.7 Å². The summed E-state index contributed by atoms with van der Waals surface area (Å²) in [5.74, 6) is 0.141. The molecule has 5 N–H and O–H groups in total. The molecule has 4 nitrogen and oxygen atoms in total. The van der Waals surface area contributed by atoms with E-state index in [4.69, 9.17) is 5.73 Å². The van der Waals surface area contributed by atoms with Crippen molar-refractivity contribution in [3.8, 4) is 0 Å². The lowest BCUT2D eigenvalue weighted by molar-refractivity contribution is -0.650. The second-order valence-corrected chi connectivity index (χ2v) is 5.58. The maximum absolute atomic E-state index is 12.6. The fourth-order valence-electron chi connectivity index (χ4n) is 2.93. The number of nitrogens with one attached hydrogen (secondary N) is 1. The largest absolute Gasteiger partial charge is 0.344 e. The molecule has 0 atom stereocenters. The molecule has 0 aromatic heterocycles. The van der Waals surface area contributed by atoms with Crippen molar-refractivity contribution in [1.82, 2.24) is 5.32 Å². The molecular formula is C18H22N3O+. The standard InChI is InChI=1S/C18H21N3O/c19-7-8-20-9-10-21-12-15-11-14-5-1-3-13-4-2-6-16(17(13)14)18(15)22/h1-6,11,20-21H,7-10,12,19H2/p+1. The lowest BCUT2D eigenvalue weighted by Crippen LogP contribution is -2.86. The molecule has 0 unspecified atom stereocenters. The van der Waals surface area contributed by atoms with E-state index in [9.17, 15) is 4.79 Å². The summed E-state index contributed by atoms with van der Waals surface area (Å²) in [5, 5.41) is 7.73. The Hall–Kier alpha value is -2.01. The van der Waals surface area contributed by atoms with Gasteiger partial charge in [0.1, 0.15) is 0 Å². The highest BCUT2D eigenvalue weighted by molar-refractivity contribution is 6.22. The molecule has 0 aliphatic heterocycles. The van der Waals surface area contributed by atoms with Gasteiger partial charge < -0.3 is 16.4 Å². The summed E-state index contributed by atoms with van der Waals surface area (Å²) < 4.78 is 0. The predicted octanol–water partition coefficient (Wildman–Crippen LogP) is 0.531. The molecule has 114 valence electrons. The minimum Gasteiger partial charge on any atom is -0.344 e. The number of quaternary nitrogens is 1. The van der Waals surface area contributed by atoms with Crippen LogP contribution in [0.25, 0.3) is 16.8 Å². The molecule has 0 saturated heterocycles. The lowest BCUT2D eigenvalue weighted by atomic mass is 9.88. The molecule has 0 spiro atoms. The molecule has 0 amide bonds. The highest BCUT2D eigenvalue weighted by Crippen LogP contribution is 2.30. The van der Waals surface area contributed by atoms with Crippen LogP contribution in [0.1, 0.15) is 15.9 Å². The molecule has 2 aromatic carbocycles. The van der Waals surface area contributed by atoms with Gasteiger partial charge in [-0.25, -0.2) is 0 Å². The molecular weight excluding hydrogens is 274 g/mol. The highest BCUT2D eigenvalue weighted by atomic mass is 16.1. The molecule has 1 aliphatic rings. The third-order valence-electron chi connectivity index (χ3n) is 4.01. The van der Waals surface area contributed by atoms with Crippen LogP contribution in [0.2, 0.25) is 0 Å². The van der Waals surface area contributed by atoms with Crippen LogP contribution < -0.4 is 16.4 Å². The number of hydrogen-bond donors (Lipinski definition) is 3. The number of hydrogen-bond acceptors (Lipinski definition) is 3. The van der Waals surface area contributed by atoms with E-state index in [0.717, 1.165) is 47.1 Å². The first-order valence-electron chi connectivity index (χ1n) is 7.80. The predicted molar refractivity (Wildman–Crippen MR) is 89.8 cm³/mol. The number of nitrogens with two attached hydrogens (primary N) is 2. The van der Waals surface area contributed by atoms with E-state index in [0.29, 0.717) is 13.1 Å². The maximum atomic E-state index is 12.6. The average molecular weight is 296 g/mol. The number of carbonyl (C=O) groups excluding carboxylic acids is 1. The molecule has 4 heteroatoms. The molecule has 0 heterocycles. The van der Waals surface area contributed by atoms with Crippen molar-refractivity contribution in [2.45, 2.75) is 0 Å². The minimum absolute atomic E-state index is 0.141. The van der Waals surface area contributed by atoms with Gasteiger partial charge in [-0.15, -0.1) is 0 Å². The van der Waals surface area contributed by atoms with Crippen molar-refractivity contribution in [3.63, 3.8) is 0 Å². The first-order chi connectivity index (χ1) is 10.8.